The maximum Gasteiger partial charge on any atom is 0.309 e. The molecular formula is C16H20O3. The average Bonchev–Trinajstić information content (AvgIpc) is 3.11. The number of benzene rings is 1. The summed E-state index contributed by atoms with van der Waals surface area (Å²) >= 11 is 0. The molecule has 0 radical (unpaired) electrons. The SMILES string of the molecule is CCC[C@@H]1[C@H]2COCc3ccccc3COC(=O)[C@@H]12. The number of hydrogen-bond donors (Lipinski definition) is 0. The van der Waals surface area contributed by atoms with E-state index in [0.29, 0.717) is 31.7 Å². The summed E-state index contributed by atoms with van der Waals surface area (Å²) in [7, 11) is 0. The topological polar surface area (TPSA) is 35.5 Å². The van der Waals surface area contributed by atoms with Gasteiger partial charge in [-0.25, -0.2) is 0 Å². The van der Waals surface area contributed by atoms with Gasteiger partial charge in [-0.2, -0.15) is 0 Å². The number of rotatable bonds is 2. The molecule has 0 saturated heterocycles. The van der Waals surface area contributed by atoms with Crippen LogP contribution in [0, 0.1) is 17.8 Å². The predicted octanol–water partition coefficient (Wildman–Crippen LogP) is 2.92. The highest BCUT2D eigenvalue weighted by molar-refractivity contribution is 5.76. The minimum Gasteiger partial charge on any atom is -0.461 e. The predicted molar refractivity (Wildman–Crippen MR) is 71.3 cm³/mol. The monoisotopic (exact) mass is 260 g/mol. The van der Waals surface area contributed by atoms with E-state index in [9.17, 15) is 4.79 Å². The maximum absolute atomic E-state index is 12.1. The third-order valence-electron chi connectivity index (χ3n) is 4.28. The van der Waals surface area contributed by atoms with Crippen LogP contribution in [0.3, 0.4) is 0 Å². The van der Waals surface area contributed by atoms with Gasteiger partial charge in [0, 0.05) is 0 Å². The first-order chi connectivity index (χ1) is 9.31. The maximum atomic E-state index is 12.1. The second-order valence-electron chi connectivity index (χ2n) is 5.53. The second-order valence-corrected chi connectivity index (χ2v) is 5.53. The number of cyclic esters (lactones) is 1. The lowest BCUT2D eigenvalue weighted by molar-refractivity contribution is -0.147. The van der Waals surface area contributed by atoms with Crippen molar-refractivity contribution in [3.63, 3.8) is 0 Å². The summed E-state index contributed by atoms with van der Waals surface area (Å²) in [4.78, 5) is 12.1. The molecule has 1 saturated carbocycles. The number of carbonyl (C=O) groups is 1. The van der Waals surface area contributed by atoms with E-state index < -0.39 is 0 Å². The molecule has 3 atom stereocenters. The fraction of sp³-hybridized carbons (Fsp3) is 0.562. The van der Waals surface area contributed by atoms with Crippen LogP contribution in [0.4, 0.5) is 0 Å². The van der Waals surface area contributed by atoms with Gasteiger partial charge in [-0.05, 0) is 29.4 Å². The van der Waals surface area contributed by atoms with Crippen LogP contribution in [0.15, 0.2) is 24.3 Å². The molecule has 1 aromatic rings. The van der Waals surface area contributed by atoms with Crippen LogP contribution >= 0.6 is 0 Å². The number of hydrogen-bond acceptors (Lipinski definition) is 3. The first kappa shape index (κ1) is 12.7. The number of esters is 1. The molecule has 1 aromatic carbocycles. The van der Waals surface area contributed by atoms with E-state index in [-0.39, 0.29) is 11.9 Å². The zero-order chi connectivity index (χ0) is 13.2. The molecule has 3 rings (SSSR count). The molecule has 3 nitrogen and oxygen atoms in total. The first-order valence-electron chi connectivity index (χ1n) is 7.12. The first-order valence-corrected chi connectivity index (χ1v) is 7.12. The van der Waals surface area contributed by atoms with E-state index in [4.69, 9.17) is 9.47 Å². The summed E-state index contributed by atoms with van der Waals surface area (Å²) in [6, 6.07) is 8.01. The van der Waals surface area contributed by atoms with Crippen molar-refractivity contribution in [3.05, 3.63) is 35.4 Å². The van der Waals surface area contributed by atoms with Crippen LogP contribution in [0.1, 0.15) is 30.9 Å². The molecular weight excluding hydrogens is 240 g/mol. The van der Waals surface area contributed by atoms with Crippen molar-refractivity contribution >= 4 is 5.97 Å². The van der Waals surface area contributed by atoms with E-state index in [1.54, 1.807) is 0 Å². The van der Waals surface area contributed by atoms with Crippen LogP contribution in [0.25, 0.3) is 0 Å². The standard InChI is InChI=1S/C16H20O3/c1-2-5-13-14-10-18-8-11-6-3-4-7-12(11)9-19-16(17)15(13)14/h3-4,6-7,13-15H,2,5,8-10H2,1H3/t13-,14-,15+/m1/s1. The van der Waals surface area contributed by atoms with Gasteiger partial charge in [-0.3, -0.25) is 4.79 Å². The van der Waals surface area contributed by atoms with Gasteiger partial charge >= 0.3 is 5.97 Å². The highest BCUT2D eigenvalue weighted by Crippen LogP contribution is 2.50. The number of carbonyl (C=O) groups excluding carboxylic acids is 1. The second kappa shape index (κ2) is 5.33. The van der Waals surface area contributed by atoms with Crippen molar-refractivity contribution in [1.82, 2.24) is 0 Å². The molecule has 1 aliphatic carbocycles. The summed E-state index contributed by atoms with van der Waals surface area (Å²) in [6.07, 6.45) is 2.21. The van der Waals surface area contributed by atoms with Crippen LogP contribution in [0.2, 0.25) is 0 Å². The minimum absolute atomic E-state index is 0.0382. The van der Waals surface area contributed by atoms with Gasteiger partial charge in [0.1, 0.15) is 6.61 Å². The fourth-order valence-electron chi connectivity index (χ4n) is 3.14. The van der Waals surface area contributed by atoms with Crippen molar-refractivity contribution in [1.29, 1.82) is 0 Å². The molecule has 0 unspecified atom stereocenters. The van der Waals surface area contributed by atoms with Gasteiger partial charge in [-0.15, -0.1) is 0 Å². The van der Waals surface area contributed by atoms with Crippen molar-refractivity contribution in [3.8, 4) is 0 Å². The molecule has 0 N–H and O–H groups in total. The van der Waals surface area contributed by atoms with Gasteiger partial charge in [-0.1, -0.05) is 37.6 Å². The van der Waals surface area contributed by atoms with Gasteiger partial charge in [0.15, 0.2) is 0 Å². The van der Waals surface area contributed by atoms with Crippen molar-refractivity contribution in [2.24, 2.45) is 17.8 Å². The minimum atomic E-state index is -0.0382. The summed E-state index contributed by atoms with van der Waals surface area (Å²) < 4.78 is 11.3. The van der Waals surface area contributed by atoms with Gasteiger partial charge in [0.25, 0.3) is 0 Å². The highest BCUT2D eigenvalue weighted by Gasteiger charge is 2.54. The molecule has 0 bridgehead atoms. The highest BCUT2D eigenvalue weighted by atomic mass is 16.5. The average molecular weight is 260 g/mol. The molecule has 2 aliphatic rings. The molecule has 0 amide bonds. The zero-order valence-corrected chi connectivity index (χ0v) is 11.3. The van der Waals surface area contributed by atoms with E-state index in [1.165, 1.54) is 0 Å². The molecule has 3 heteroatoms. The van der Waals surface area contributed by atoms with Crippen LogP contribution < -0.4 is 0 Å². The summed E-state index contributed by atoms with van der Waals surface area (Å²) in [5.41, 5.74) is 2.18. The third-order valence-corrected chi connectivity index (χ3v) is 4.28. The molecule has 0 aromatic heterocycles. The quantitative estimate of drug-likeness (QED) is 0.767. The zero-order valence-electron chi connectivity index (χ0n) is 11.3. The number of fused-ring (bicyclic) bond motifs is 2. The fourth-order valence-corrected chi connectivity index (χ4v) is 3.14. The van der Waals surface area contributed by atoms with E-state index >= 15 is 0 Å². The Morgan fingerprint density at radius 2 is 1.95 bits per heavy atom. The lowest BCUT2D eigenvalue weighted by atomic mass is 10.1. The van der Waals surface area contributed by atoms with E-state index in [1.807, 2.05) is 24.3 Å². The lowest BCUT2D eigenvalue weighted by Gasteiger charge is -2.12. The van der Waals surface area contributed by atoms with Gasteiger partial charge < -0.3 is 9.47 Å². The molecule has 19 heavy (non-hydrogen) atoms. The Bertz CT molecular complexity index is 469. The summed E-state index contributed by atoms with van der Waals surface area (Å²) in [5.74, 6) is 0.880. The summed E-state index contributed by atoms with van der Waals surface area (Å²) in [6.45, 7) is 3.83. The Morgan fingerprint density at radius 1 is 1.21 bits per heavy atom. The van der Waals surface area contributed by atoms with E-state index in [0.717, 1.165) is 24.0 Å². The van der Waals surface area contributed by atoms with Crippen molar-refractivity contribution in [2.45, 2.75) is 33.0 Å². The molecule has 1 heterocycles. The normalized spacial score (nSPS) is 29.9. The molecule has 102 valence electrons. The third kappa shape index (κ3) is 2.52. The molecule has 0 spiro atoms. The molecule has 1 aliphatic heterocycles. The largest absolute Gasteiger partial charge is 0.461 e. The Balaban J connectivity index is 1.74. The van der Waals surface area contributed by atoms with Crippen LogP contribution in [0.5, 0.6) is 0 Å². The van der Waals surface area contributed by atoms with Crippen molar-refractivity contribution in [2.75, 3.05) is 6.61 Å². The summed E-state index contributed by atoms with van der Waals surface area (Å²) in [5, 5.41) is 0. The smallest absolute Gasteiger partial charge is 0.309 e. The van der Waals surface area contributed by atoms with Crippen molar-refractivity contribution < 1.29 is 14.3 Å². The Labute approximate surface area is 113 Å². The Kier molecular flexibility index (Phi) is 3.56. The number of ether oxygens (including phenoxy) is 2. The van der Waals surface area contributed by atoms with Crippen LogP contribution in [-0.2, 0) is 27.5 Å². The van der Waals surface area contributed by atoms with E-state index in [2.05, 4.69) is 6.92 Å². The van der Waals surface area contributed by atoms with Gasteiger partial charge in [0.2, 0.25) is 0 Å². The Hall–Kier alpha value is -1.35. The Morgan fingerprint density at radius 3 is 2.68 bits per heavy atom. The lowest BCUT2D eigenvalue weighted by Crippen LogP contribution is -2.13. The molecule has 1 fully saturated rings. The van der Waals surface area contributed by atoms with Crippen LogP contribution in [-0.4, -0.2) is 12.6 Å². The van der Waals surface area contributed by atoms with Gasteiger partial charge in [0.05, 0.1) is 19.1 Å².